The summed E-state index contributed by atoms with van der Waals surface area (Å²) in [6, 6.07) is 7.86. The van der Waals surface area contributed by atoms with E-state index in [1.54, 1.807) is 0 Å². The largest absolute Gasteiger partial charge is 0.494 e. The van der Waals surface area contributed by atoms with E-state index in [0.29, 0.717) is 5.92 Å². The van der Waals surface area contributed by atoms with Crippen molar-refractivity contribution in [2.75, 3.05) is 6.61 Å². The Bertz CT molecular complexity index is 344. The summed E-state index contributed by atoms with van der Waals surface area (Å²) >= 11 is 0. The van der Waals surface area contributed by atoms with E-state index >= 15 is 0 Å². The summed E-state index contributed by atoms with van der Waals surface area (Å²) in [6.45, 7) is 5.00. The van der Waals surface area contributed by atoms with E-state index in [1.165, 1.54) is 0 Å². The van der Waals surface area contributed by atoms with Gasteiger partial charge in [-0.3, -0.25) is 0 Å². The molecule has 2 rings (SSSR count). The molecule has 1 aromatic carbocycles. The van der Waals surface area contributed by atoms with Crippen LogP contribution >= 0.6 is 0 Å². The fraction of sp³-hybridized carbons (Fsp3) is 0.571. The molecule has 2 heteroatoms. The van der Waals surface area contributed by atoms with Gasteiger partial charge in [-0.2, -0.15) is 0 Å². The van der Waals surface area contributed by atoms with Crippen molar-refractivity contribution >= 4 is 0 Å². The quantitative estimate of drug-likeness (QED) is 0.773. The molecule has 1 aliphatic carbocycles. The van der Waals surface area contributed by atoms with Crippen molar-refractivity contribution in [3.05, 3.63) is 29.8 Å². The van der Waals surface area contributed by atoms with Gasteiger partial charge in [0.05, 0.1) is 12.2 Å². The Morgan fingerprint density at radius 3 is 2.50 bits per heavy atom. The first-order valence-electron chi connectivity index (χ1n) is 6.12. The molecule has 2 unspecified atom stereocenters. The van der Waals surface area contributed by atoms with E-state index in [-0.39, 0.29) is 0 Å². The molecule has 0 saturated heterocycles. The molecule has 0 spiro atoms. The molecule has 0 amide bonds. The summed E-state index contributed by atoms with van der Waals surface area (Å²) in [5.74, 6) is 1.29. The number of hydrogen-bond donors (Lipinski definition) is 1. The Labute approximate surface area is 97.3 Å². The van der Waals surface area contributed by atoms with Crippen LogP contribution in [0.25, 0.3) is 0 Å². The van der Waals surface area contributed by atoms with Crippen LogP contribution in [0.5, 0.6) is 5.75 Å². The van der Waals surface area contributed by atoms with Crippen LogP contribution in [0.3, 0.4) is 0 Å². The van der Waals surface area contributed by atoms with E-state index in [0.717, 1.165) is 37.2 Å². The summed E-state index contributed by atoms with van der Waals surface area (Å²) in [4.78, 5) is 0. The fourth-order valence-electron chi connectivity index (χ4n) is 1.98. The summed E-state index contributed by atoms with van der Waals surface area (Å²) < 4.78 is 5.58. The van der Waals surface area contributed by atoms with Gasteiger partial charge in [-0.05, 0) is 36.5 Å². The Kier molecular flexibility index (Phi) is 3.20. The summed E-state index contributed by atoms with van der Waals surface area (Å²) in [5.41, 5.74) is 0.449. The molecule has 0 bridgehead atoms. The summed E-state index contributed by atoms with van der Waals surface area (Å²) in [6.07, 6.45) is 3.11. The van der Waals surface area contributed by atoms with Crippen molar-refractivity contribution in [2.24, 2.45) is 5.92 Å². The van der Waals surface area contributed by atoms with Gasteiger partial charge in [0.15, 0.2) is 0 Å². The van der Waals surface area contributed by atoms with E-state index < -0.39 is 5.60 Å². The normalized spacial score (nSPS) is 27.8. The number of unbranched alkanes of at least 4 members (excludes halogenated alkanes) is 1. The molecule has 88 valence electrons. The minimum absolute atomic E-state index is 0.388. The number of rotatable bonds is 5. The van der Waals surface area contributed by atoms with Gasteiger partial charge >= 0.3 is 0 Å². The average molecular weight is 220 g/mol. The van der Waals surface area contributed by atoms with E-state index in [4.69, 9.17) is 4.74 Å². The molecular weight excluding hydrogens is 200 g/mol. The molecule has 0 aromatic heterocycles. The van der Waals surface area contributed by atoms with Crippen molar-refractivity contribution in [3.63, 3.8) is 0 Å². The molecule has 0 aliphatic heterocycles. The molecule has 2 nitrogen and oxygen atoms in total. The van der Waals surface area contributed by atoms with Crippen molar-refractivity contribution in [1.29, 1.82) is 0 Å². The lowest BCUT2D eigenvalue weighted by Gasteiger charge is -2.11. The highest BCUT2D eigenvalue weighted by atomic mass is 16.5. The lowest BCUT2D eigenvalue weighted by molar-refractivity contribution is 0.134. The molecule has 0 radical (unpaired) electrons. The average Bonchev–Trinajstić information content (AvgIpc) is 2.90. The predicted molar refractivity (Wildman–Crippen MR) is 64.5 cm³/mol. The zero-order valence-corrected chi connectivity index (χ0v) is 10.1. The Balaban J connectivity index is 1.95. The first-order chi connectivity index (χ1) is 7.66. The highest BCUT2D eigenvalue weighted by molar-refractivity contribution is 5.34. The minimum atomic E-state index is -0.568. The number of ether oxygens (including phenoxy) is 1. The third-order valence-electron chi connectivity index (χ3n) is 3.39. The molecule has 1 saturated carbocycles. The van der Waals surface area contributed by atoms with Crippen LogP contribution in [0.4, 0.5) is 0 Å². The molecule has 1 N–H and O–H groups in total. The predicted octanol–water partition coefficient (Wildman–Crippen LogP) is 3.09. The first-order valence-corrected chi connectivity index (χ1v) is 6.12. The zero-order chi connectivity index (χ0) is 11.6. The second kappa shape index (κ2) is 4.46. The monoisotopic (exact) mass is 220 g/mol. The molecule has 16 heavy (non-hydrogen) atoms. The molecule has 1 aliphatic rings. The maximum Gasteiger partial charge on any atom is 0.119 e. The van der Waals surface area contributed by atoms with E-state index in [2.05, 4.69) is 13.8 Å². The lowest BCUT2D eigenvalue weighted by atomic mass is 10.1. The van der Waals surface area contributed by atoms with E-state index in [9.17, 15) is 5.11 Å². The molecule has 1 fully saturated rings. The zero-order valence-electron chi connectivity index (χ0n) is 10.1. The molecular formula is C14H20O2. The van der Waals surface area contributed by atoms with Crippen LogP contribution in [0, 0.1) is 5.92 Å². The van der Waals surface area contributed by atoms with Gasteiger partial charge in [0.1, 0.15) is 5.75 Å². The highest BCUT2D eigenvalue weighted by Gasteiger charge is 2.50. The van der Waals surface area contributed by atoms with Crippen molar-refractivity contribution < 1.29 is 9.84 Å². The van der Waals surface area contributed by atoms with Gasteiger partial charge in [0, 0.05) is 0 Å². The SMILES string of the molecule is CCCCOc1ccc(C2(O)CC2C)cc1. The fourth-order valence-corrected chi connectivity index (χ4v) is 1.98. The topological polar surface area (TPSA) is 29.5 Å². The van der Waals surface area contributed by atoms with Gasteiger partial charge in [0.2, 0.25) is 0 Å². The maximum absolute atomic E-state index is 10.1. The van der Waals surface area contributed by atoms with Gasteiger partial charge in [0.25, 0.3) is 0 Å². The van der Waals surface area contributed by atoms with Crippen LogP contribution in [-0.2, 0) is 5.60 Å². The number of hydrogen-bond acceptors (Lipinski definition) is 2. The maximum atomic E-state index is 10.1. The number of benzene rings is 1. The van der Waals surface area contributed by atoms with Crippen molar-refractivity contribution in [2.45, 2.75) is 38.7 Å². The molecule has 2 atom stereocenters. The van der Waals surface area contributed by atoms with Gasteiger partial charge in [-0.15, -0.1) is 0 Å². The standard InChI is InChI=1S/C14H20O2/c1-3-4-9-16-13-7-5-12(6-8-13)14(15)10-11(14)2/h5-8,11,15H,3-4,9-10H2,1-2H3. The Morgan fingerprint density at radius 1 is 1.38 bits per heavy atom. The van der Waals surface area contributed by atoms with Crippen LogP contribution in [0.1, 0.15) is 38.7 Å². The first kappa shape index (κ1) is 11.5. The minimum Gasteiger partial charge on any atom is -0.494 e. The summed E-state index contributed by atoms with van der Waals surface area (Å²) in [7, 11) is 0. The Hall–Kier alpha value is -1.02. The third-order valence-corrected chi connectivity index (χ3v) is 3.39. The van der Waals surface area contributed by atoms with E-state index in [1.807, 2.05) is 24.3 Å². The summed E-state index contributed by atoms with van der Waals surface area (Å²) in [5, 5.41) is 10.1. The molecule has 0 heterocycles. The third kappa shape index (κ3) is 2.22. The van der Waals surface area contributed by atoms with Crippen LogP contribution < -0.4 is 4.74 Å². The van der Waals surface area contributed by atoms with Gasteiger partial charge < -0.3 is 9.84 Å². The number of aliphatic hydroxyl groups is 1. The highest BCUT2D eigenvalue weighted by Crippen LogP contribution is 2.51. The van der Waals surface area contributed by atoms with Crippen LogP contribution in [-0.4, -0.2) is 11.7 Å². The lowest BCUT2D eigenvalue weighted by Crippen LogP contribution is -2.07. The van der Waals surface area contributed by atoms with Crippen LogP contribution in [0.15, 0.2) is 24.3 Å². The van der Waals surface area contributed by atoms with Crippen molar-refractivity contribution in [1.82, 2.24) is 0 Å². The Morgan fingerprint density at radius 2 is 2.00 bits per heavy atom. The van der Waals surface area contributed by atoms with Crippen LogP contribution in [0.2, 0.25) is 0 Å². The molecule has 1 aromatic rings. The van der Waals surface area contributed by atoms with Gasteiger partial charge in [-0.25, -0.2) is 0 Å². The van der Waals surface area contributed by atoms with Crippen molar-refractivity contribution in [3.8, 4) is 5.75 Å². The smallest absolute Gasteiger partial charge is 0.119 e. The second-order valence-electron chi connectivity index (χ2n) is 4.76. The van der Waals surface area contributed by atoms with Gasteiger partial charge in [-0.1, -0.05) is 32.4 Å². The second-order valence-corrected chi connectivity index (χ2v) is 4.76.